The second-order valence-corrected chi connectivity index (χ2v) is 8.10. The summed E-state index contributed by atoms with van der Waals surface area (Å²) in [5.41, 5.74) is 3.90. The van der Waals surface area contributed by atoms with Gasteiger partial charge in [-0.25, -0.2) is 9.50 Å². The van der Waals surface area contributed by atoms with Crippen molar-refractivity contribution in [2.24, 2.45) is 0 Å². The van der Waals surface area contributed by atoms with Crippen molar-refractivity contribution in [2.45, 2.75) is 57.4 Å². The van der Waals surface area contributed by atoms with Gasteiger partial charge in [0.25, 0.3) is 5.78 Å². The van der Waals surface area contributed by atoms with Crippen LogP contribution in [-0.4, -0.2) is 30.7 Å². The SMILES string of the molecule is CC[C@@H](C)c1ccccc1NC(=O)[C@@H](C)Sc1nc2nc(C)cc(C)n2n1. The molecule has 0 aliphatic heterocycles. The minimum Gasteiger partial charge on any atom is -0.325 e. The first-order valence-electron chi connectivity index (χ1n) is 9.16. The van der Waals surface area contributed by atoms with Gasteiger partial charge < -0.3 is 5.32 Å². The number of amides is 1. The predicted octanol–water partition coefficient (Wildman–Crippen LogP) is 4.37. The van der Waals surface area contributed by atoms with Gasteiger partial charge in [0.1, 0.15) is 0 Å². The van der Waals surface area contributed by atoms with Crippen LogP contribution in [0.4, 0.5) is 5.69 Å². The normalized spacial score (nSPS) is 13.5. The molecule has 1 amide bonds. The van der Waals surface area contributed by atoms with Gasteiger partial charge in [-0.05, 0) is 50.8 Å². The van der Waals surface area contributed by atoms with E-state index in [2.05, 4.69) is 40.3 Å². The van der Waals surface area contributed by atoms with Crippen LogP contribution < -0.4 is 5.32 Å². The van der Waals surface area contributed by atoms with Gasteiger partial charge in [0.15, 0.2) is 0 Å². The Bertz CT molecular complexity index is 968. The highest BCUT2D eigenvalue weighted by Gasteiger charge is 2.20. The van der Waals surface area contributed by atoms with Crippen LogP contribution in [0.2, 0.25) is 0 Å². The maximum atomic E-state index is 12.7. The smallest absolute Gasteiger partial charge is 0.253 e. The first kappa shape index (κ1) is 19.4. The van der Waals surface area contributed by atoms with Crippen molar-refractivity contribution in [3.05, 3.63) is 47.3 Å². The number of para-hydroxylation sites is 1. The molecule has 27 heavy (non-hydrogen) atoms. The Balaban J connectivity index is 1.74. The molecule has 3 rings (SSSR count). The Kier molecular flexibility index (Phi) is 5.79. The summed E-state index contributed by atoms with van der Waals surface area (Å²) in [4.78, 5) is 21.5. The van der Waals surface area contributed by atoms with Crippen molar-refractivity contribution >= 4 is 29.1 Å². The lowest BCUT2D eigenvalue weighted by molar-refractivity contribution is -0.115. The zero-order chi connectivity index (χ0) is 19.6. The number of thioether (sulfide) groups is 1. The number of carbonyl (C=O) groups excluding carboxylic acids is 1. The lowest BCUT2D eigenvalue weighted by Gasteiger charge is -2.17. The maximum absolute atomic E-state index is 12.7. The first-order chi connectivity index (χ1) is 12.9. The fourth-order valence-electron chi connectivity index (χ4n) is 2.90. The van der Waals surface area contributed by atoms with Crippen molar-refractivity contribution in [1.82, 2.24) is 19.6 Å². The summed E-state index contributed by atoms with van der Waals surface area (Å²) in [7, 11) is 0. The fourth-order valence-corrected chi connectivity index (χ4v) is 3.65. The van der Waals surface area contributed by atoms with E-state index in [1.54, 1.807) is 4.52 Å². The molecule has 6 nitrogen and oxygen atoms in total. The summed E-state index contributed by atoms with van der Waals surface area (Å²) >= 11 is 1.34. The van der Waals surface area contributed by atoms with Crippen molar-refractivity contribution in [3.63, 3.8) is 0 Å². The molecule has 1 N–H and O–H groups in total. The summed E-state index contributed by atoms with van der Waals surface area (Å²) in [5, 5.41) is 7.75. The van der Waals surface area contributed by atoms with Gasteiger partial charge in [0.2, 0.25) is 11.1 Å². The highest BCUT2D eigenvalue weighted by atomic mass is 32.2. The average Bonchev–Trinajstić information content (AvgIpc) is 3.04. The van der Waals surface area contributed by atoms with Crippen LogP contribution in [0.1, 0.15) is 50.1 Å². The maximum Gasteiger partial charge on any atom is 0.253 e. The summed E-state index contributed by atoms with van der Waals surface area (Å²) < 4.78 is 1.71. The Morgan fingerprint density at radius 3 is 2.70 bits per heavy atom. The Labute approximate surface area is 163 Å². The fraction of sp³-hybridized carbons (Fsp3) is 0.400. The number of benzene rings is 1. The number of hydrogen-bond donors (Lipinski definition) is 1. The second kappa shape index (κ2) is 8.08. The van der Waals surface area contributed by atoms with Gasteiger partial charge in [-0.2, -0.15) is 4.98 Å². The van der Waals surface area contributed by atoms with Crippen LogP contribution in [0.25, 0.3) is 5.78 Å². The van der Waals surface area contributed by atoms with E-state index >= 15 is 0 Å². The number of fused-ring (bicyclic) bond motifs is 1. The van der Waals surface area contributed by atoms with Crippen LogP contribution in [0.3, 0.4) is 0 Å². The first-order valence-corrected chi connectivity index (χ1v) is 10.0. The van der Waals surface area contributed by atoms with Gasteiger partial charge in [0.05, 0.1) is 5.25 Å². The minimum absolute atomic E-state index is 0.0597. The van der Waals surface area contributed by atoms with Crippen molar-refractivity contribution in [1.29, 1.82) is 0 Å². The molecule has 0 fully saturated rings. The summed E-state index contributed by atoms with van der Waals surface area (Å²) in [6, 6.07) is 9.93. The standard InChI is InChI=1S/C20H25N5OS/c1-6-12(2)16-9-7-8-10-17(16)22-18(26)15(5)27-20-23-19-21-13(3)11-14(4)25(19)24-20/h7-12,15H,6H2,1-5H3,(H,22,26)/t12-,15-/m1/s1. The van der Waals surface area contributed by atoms with Gasteiger partial charge in [-0.3, -0.25) is 4.79 Å². The zero-order valence-corrected chi connectivity index (χ0v) is 17.2. The molecule has 0 unspecified atom stereocenters. The Morgan fingerprint density at radius 2 is 1.96 bits per heavy atom. The number of nitrogens with one attached hydrogen (secondary N) is 1. The van der Waals surface area contributed by atoms with Crippen molar-refractivity contribution in [2.75, 3.05) is 5.32 Å². The number of aromatic nitrogens is 4. The van der Waals surface area contributed by atoms with E-state index in [0.717, 1.165) is 29.1 Å². The molecule has 0 aliphatic carbocycles. The predicted molar refractivity (Wildman–Crippen MR) is 109 cm³/mol. The third-order valence-electron chi connectivity index (χ3n) is 4.61. The number of carbonyl (C=O) groups is 1. The molecule has 0 saturated carbocycles. The third-order valence-corrected chi connectivity index (χ3v) is 5.56. The highest BCUT2D eigenvalue weighted by Crippen LogP contribution is 2.28. The number of hydrogen-bond acceptors (Lipinski definition) is 5. The topological polar surface area (TPSA) is 72.2 Å². The largest absolute Gasteiger partial charge is 0.325 e. The lowest BCUT2D eigenvalue weighted by atomic mass is 9.97. The van der Waals surface area contributed by atoms with E-state index in [-0.39, 0.29) is 11.2 Å². The molecule has 1 aromatic carbocycles. The molecule has 0 aliphatic rings. The number of nitrogens with zero attached hydrogens (tertiary/aromatic N) is 4. The molecular formula is C20H25N5OS. The Morgan fingerprint density at radius 1 is 1.22 bits per heavy atom. The number of aryl methyl sites for hydroxylation is 2. The van der Waals surface area contributed by atoms with Crippen LogP contribution in [0.15, 0.2) is 35.5 Å². The zero-order valence-electron chi connectivity index (χ0n) is 16.4. The number of anilines is 1. The molecule has 2 aromatic heterocycles. The minimum atomic E-state index is -0.325. The average molecular weight is 384 g/mol. The molecule has 3 aromatic rings. The van der Waals surface area contributed by atoms with Crippen LogP contribution in [0.5, 0.6) is 0 Å². The molecular weight excluding hydrogens is 358 g/mol. The molecule has 0 bridgehead atoms. The molecule has 0 radical (unpaired) electrons. The van der Waals surface area contributed by atoms with Gasteiger partial charge >= 0.3 is 0 Å². The van der Waals surface area contributed by atoms with Crippen molar-refractivity contribution < 1.29 is 4.79 Å². The molecule has 2 atom stereocenters. The Hall–Kier alpha value is -2.41. The molecule has 7 heteroatoms. The molecule has 0 spiro atoms. The van der Waals surface area contributed by atoms with E-state index in [4.69, 9.17) is 0 Å². The van der Waals surface area contributed by atoms with E-state index in [0.29, 0.717) is 16.9 Å². The summed E-state index contributed by atoms with van der Waals surface area (Å²) in [6.07, 6.45) is 1.02. The van der Waals surface area contributed by atoms with Gasteiger partial charge in [-0.1, -0.05) is 43.8 Å². The van der Waals surface area contributed by atoms with E-state index in [9.17, 15) is 4.79 Å². The van der Waals surface area contributed by atoms with Gasteiger partial charge in [0, 0.05) is 17.1 Å². The van der Waals surface area contributed by atoms with E-state index < -0.39 is 0 Å². The quantitative estimate of drug-likeness (QED) is 0.640. The lowest BCUT2D eigenvalue weighted by Crippen LogP contribution is -2.23. The summed E-state index contributed by atoms with van der Waals surface area (Å²) in [6.45, 7) is 10.1. The van der Waals surface area contributed by atoms with Crippen molar-refractivity contribution in [3.8, 4) is 0 Å². The monoisotopic (exact) mass is 383 g/mol. The van der Waals surface area contributed by atoms with E-state index in [1.165, 1.54) is 11.8 Å². The van der Waals surface area contributed by atoms with E-state index in [1.807, 2.05) is 45.0 Å². The molecule has 142 valence electrons. The second-order valence-electron chi connectivity index (χ2n) is 6.79. The third kappa shape index (κ3) is 4.30. The highest BCUT2D eigenvalue weighted by molar-refractivity contribution is 8.00. The van der Waals surface area contributed by atoms with Crippen LogP contribution in [-0.2, 0) is 4.79 Å². The van der Waals surface area contributed by atoms with Gasteiger partial charge in [-0.15, -0.1) is 5.10 Å². The van der Waals surface area contributed by atoms with Crippen LogP contribution >= 0.6 is 11.8 Å². The molecule has 2 heterocycles. The molecule has 0 saturated heterocycles. The number of rotatable bonds is 6. The summed E-state index contributed by atoms with van der Waals surface area (Å²) in [5.74, 6) is 0.891. The van der Waals surface area contributed by atoms with Crippen LogP contribution in [0, 0.1) is 13.8 Å².